The number of aliphatic hydroxyl groups is 1. The van der Waals surface area contributed by atoms with Crippen LogP contribution in [0.25, 0.3) is 0 Å². The van der Waals surface area contributed by atoms with Crippen molar-refractivity contribution in [2.75, 3.05) is 20.3 Å². The van der Waals surface area contributed by atoms with Crippen molar-refractivity contribution in [1.29, 1.82) is 0 Å². The minimum Gasteiger partial charge on any atom is -0.496 e. The van der Waals surface area contributed by atoms with Gasteiger partial charge in [-0.05, 0) is 31.9 Å². The van der Waals surface area contributed by atoms with Gasteiger partial charge in [0.1, 0.15) is 23.7 Å². The first-order valence-corrected chi connectivity index (χ1v) is 12.7. The van der Waals surface area contributed by atoms with Crippen LogP contribution in [-0.2, 0) is 17.8 Å². The molecule has 6 heteroatoms. The molecule has 0 radical (unpaired) electrons. The van der Waals surface area contributed by atoms with Gasteiger partial charge in [-0.3, -0.25) is 0 Å². The van der Waals surface area contributed by atoms with E-state index in [1.807, 2.05) is 19.9 Å². The van der Waals surface area contributed by atoms with E-state index in [9.17, 15) is 9.90 Å². The molecule has 1 aliphatic heterocycles. The molecule has 1 aliphatic rings. The molecule has 0 amide bonds. The number of carbonyl (C=O) groups is 1. The lowest BCUT2D eigenvalue weighted by molar-refractivity contribution is 0.0532. The van der Waals surface area contributed by atoms with Gasteiger partial charge in [0, 0.05) is 19.2 Å². The molecule has 0 saturated carbocycles. The predicted octanol–water partition coefficient (Wildman–Crippen LogP) is 3.87. The highest BCUT2D eigenvalue weighted by atomic mass is 28.3. The summed E-state index contributed by atoms with van der Waals surface area (Å²) in [6.45, 7) is 11.5. The standard InChI is InChI=1S/C20H30O5Si/c1-13(11-21)7-8-15-18(23-3)14(2)16-12-25-20(22)17(16)19(15)24-9-10-26(4,5)6/h7,21H,8-12H2,1-6H3. The number of carbonyl (C=O) groups excluding carboxylic acids is 1. The van der Waals surface area contributed by atoms with Gasteiger partial charge in [0.2, 0.25) is 0 Å². The molecule has 0 aliphatic carbocycles. The van der Waals surface area contributed by atoms with Gasteiger partial charge in [-0.1, -0.05) is 31.3 Å². The van der Waals surface area contributed by atoms with Crippen molar-refractivity contribution in [2.45, 2.75) is 52.6 Å². The van der Waals surface area contributed by atoms with Crippen molar-refractivity contribution >= 4 is 14.0 Å². The third-order valence-corrected chi connectivity index (χ3v) is 6.33. The van der Waals surface area contributed by atoms with E-state index in [0.29, 0.717) is 24.3 Å². The number of esters is 1. The molecule has 144 valence electrons. The Morgan fingerprint density at radius 3 is 2.58 bits per heavy atom. The number of methoxy groups -OCH3 is 1. The number of hydrogen-bond acceptors (Lipinski definition) is 5. The Morgan fingerprint density at radius 1 is 1.31 bits per heavy atom. The van der Waals surface area contributed by atoms with Gasteiger partial charge in [-0.15, -0.1) is 0 Å². The van der Waals surface area contributed by atoms with Crippen LogP contribution in [0.4, 0.5) is 0 Å². The zero-order valence-electron chi connectivity index (χ0n) is 16.7. The highest BCUT2D eigenvalue weighted by Crippen LogP contribution is 2.43. The highest BCUT2D eigenvalue weighted by molar-refractivity contribution is 6.76. The quantitative estimate of drug-likeness (QED) is 0.423. The third-order valence-electron chi connectivity index (χ3n) is 4.63. The second-order valence-corrected chi connectivity index (χ2v) is 13.6. The first-order valence-electron chi connectivity index (χ1n) is 8.98. The van der Waals surface area contributed by atoms with Crippen LogP contribution in [0.3, 0.4) is 0 Å². The summed E-state index contributed by atoms with van der Waals surface area (Å²) in [6, 6.07) is 0.998. The van der Waals surface area contributed by atoms with Gasteiger partial charge >= 0.3 is 5.97 Å². The summed E-state index contributed by atoms with van der Waals surface area (Å²) < 4.78 is 17.1. The topological polar surface area (TPSA) is 65.0 Å². The molecule has 1 heterocycles. The summed E-state index contributed by atoms with van der Waals surface area (Å²) in [5.74, 6) is 0.968. The van der Waals surface area contributed by atoms with Crippen LogP contribution in [0.15, 0.2) is 11.6 Å². The highest BCUT2D eigenvalue weighted by Gasteiger charge is 2.33. The molecule has 0 unspecified atom stereocenters. The molecule has 0 atom stereocenters. The Labute approximate surface area is 157 Å². The van der Waals surface area contributed by atoms with Crippen LogP contribution in [0.1, 0.15) is 34.0 Å². The van der Waals surface area contributed by atoms with E-state index >= 15 is 0 Å². The molecular weight excluding hydrogens is 348 g/mol. The number of fused-ring (bicyclic) bond motifs is 1. The lowest BCUT2D eigenvalue weighted by Gasteiger charge is -2.21. The number of cyclic esters (lactones) is 1. The van der Waals surface area contributed by atoms with Crippen LogP contribution in [0.5, 0.6) is 11.5 Å². The third kappa shape index (κ3) is 4.48. The van der Waals surface area contributed by atoms with Crippen LogP contribution in [-0.4, -0.2) is 39.5 Å². The van der Waals surface area contributed by atoms with E-state index in [1.54, 1.807) is 7.11 Å². The minimum atomic E-state index is -1.26. The normalized spacial score (nSPS) is 14.3. The van der Waals surface area contributed by atoms with Crippen LogP contribution < -0.4 is 9.47 Å². The molecule has 2 rings (SSSR count). The van der Waals surface area contributed by atoms with E-state index < -0.39 is 8.07 Å². The summed E-state index contributed by atoms with van der Waals surface area (Å²) in [7, 11) is 0.366. The van der Waals surface area contributed by atoms with Crippen molar-refractivity contribution < 1.29 is 24.1 Å². The average molecular weight is 379 g/mol. The minimum absolute atomic E-state index is 0.0000939. The van der Waals surface area contributed by atoms with E-state index in [4.69, 9.17) is 14.2 Å². The van der Waals surface area contributed by atoms with Crippen molar-refractivity contribution in [3.05, 3.63) is 33.9 Å². The number of aliphatic hydroxyl groups excluding tert-OH is 1. The number of hydrogen-bond donors (Lipinski definition) is 1. The lowest BCUT2D eigenvalue weighted by Crippen LogP contribution is -2.23. The SMILES string of the molecule is COc1c(C)c2c(c(OCC[Si](C)(C)C)c1CC=C(C)CO)C(=O)OC2. The molecule has 1 aromatic rings. The summed E-state index contributed by atoms with van der Waals surface area (Å²) in [5.41, 5.74) is 3.99. The largest absolute Gasteiger partial charge is 0.496 e. The second-order valence-electron chi connectivity index (χ2n) is 7.97. The number of allylic oxidation sites excluding steroid dienone is 1. The number of ether oxygens (including phenoxy) is 3. The summed E-state index contributed by atoms with van der Waals surface area (Å²) in [5, 5.41) is 9.29. The summed E-state index contributed by atoms with van der Waals surface area (Å²) in [6.07, 6.45) is 2.47. The van der Waals surface area contributed by atoms with Crippen molar-refractivity contribution in [2.24, 2.45) is 0 Å². The average Bonchev–Trinajstić information content (AvgIpc) is 2.96. The van der Waals surface area contributed by atoms with Gasteiger partial charge in [0.15, 0.2) is 0 Å². The van der Waals surface area contributed by atoms with Gasteiger partial charge in [-0.2, -0.15) is 0 Å². The molecule has 0 bridgehead atoms. The molecular formula is C20H30O5Si. The number of rotatable bonds is 8. The first kappa shape index (κ1) is 20.5. The Hall–Kier alpha value is -1.79. The van der Waals surface area contributed by atoms with E-state index in [0.717, 1.165) is 34.1 Å². The molecule has 5 nitrogen and oxygen atoms in total. The fraction of sp³-hybridized carbons (Fsp3) is 0.550. The van der Waals surface area contributed by atoms with E-state index in [-0.39, 0.29) is 19.2 Å². The zero-order chi connectivity index (χ0) is 19.5. The molecule has 0 fully saturated rings. The Kier molecular flexibility index (Phi) is 6.52. The van der Waals surface area contributed by atoms with Crippen LogP contribution in [0.2, 0.25) is 25.7 Å². The zero-order valence-corrected chi connectivity index (χ0v) is 17.7. The summed E-state index contributed by atoms with van der Waals surface area (Å²) in [4.78, 5) is 12.4. The maximum Gasteiger partial charge on any atom is 0.342 e. The lowest BCUT2D eigenvalue weighted by atomic mass is 9.95. The molecule has 0 spiro atoms. The Bertz CT molecular complexity index is 716. The maximum absolute atomic E-state index is 12.4. The fourth-order valence-corrected chi connectivity index (χ4v) is 3.68. The molecule has 1 aromatic carbocycles. The van der Waals surface area contributed by atoms with Gasteiger partial charge < -0.3 is 19.3 Å². The number of benzene rings is 1. The van der Waals surface area contributed by atoms with Crippen molar-refractivity contribution in [3.8, 4) is 11.5 Å². The van der Waals surface area contributed by atoms with Crippen LogP contribution in [0, 0.1) is 6.92 Å². The van der Waals surface area contributed by atoms with E-state index in [2.05, 4.69) is 19.6 Å². The van der Waals surface area contributed by atoms with Gasteiger partial charge in [0.05, 0.1) is 20.3 Å². The predicted molar refractivity (Wildman–Crippen MR) is 105 cm³/mol. The van der Waals surface area contributed by atoms with Crippen molar-refractivity contribution in [3.63, 3.8) is 0 Å². The summed E-state index contributed by atoms with van der Waals surface area (Å²) >= 11 is 0. The smallest absolute Gasteiger partial charge is 0.342 e. The van der Waals surface area contributed by atoms with Gasteiger partial charge in [0.25, 0.3) is 0 Å². The Morgan fingerprint density at radius 2 is 2.00 bits per heavy atom. The van der Waals surface area contributed by atoms with Gasteiger partial charge in [-0.25, -0.2) is 4.79 Å². The van der Waals surface area contributed by atoms with E-state index in [1.165, 1.54) is 0 Å². The second kappa shape index (κ2) is 8.27. The Balaban J connectivity index is 2.53. The first-order chi connectivity index (χ1) is 12.2. The van der Waals surface area contributed by atoms with Crippen LogP contribution >= 0.6 is 0 Å². The fourth-order valence-electron chi connectivity index (χ4n) is 2.97. The monoisotopic (exact) mass is 378 g/mol. The molecule has 0 aromatic heterocycles. The molecule has 26 heavy (non-hydrogen) atoms. The maximum atomic E-state index is 12.4. The van der Waals surface area contributed by atoms with Crippen molar-refractivity contribution in [1.82, 2.24) is 0 Å². The molecule has 0 saturated heterocycles. The molecule has 1 N–H and O–H groups in total.